The number of hydrogen-bond acceptors (Lipinski definition) is 5. The molecule has 3 atom stereocenters. The Morgan fingerprint density at radius 3 is 2.66 bits per heavy atom. The molecule has 2 aliphatic rings. The van der Waals surface area contributed by atoms with Gasteiger partial charge in [-0.1, -0.05) is 39.7 Å². The monoisotopic (exact) mass is 555 g/mol. The van der Waals surface area contributed by atoms with E-state index in [1.165, 1.54) is 17.2 Å². The first-order chi connectivity index (χ1) is 16.8. The molecule has 3 aromatic rings. The van der Waals surface area contributed by atoms with E-state index in [2.05, 4.69) is 20.9 Å². The second kappa shape index (κ2) is 9.32. The van der Waals surface area contributed by atoms with Crippen LogP contribution < -0.4 is 0 Å². The average Bonchev–Trinajstić information content (AvgIpc) is 3.34. The standard InChI is InChI=1S/C26H20BrClFN3O3/c27-17-10-20-24(21(29)11-17)26(16-5-7-18(28)8-6-16,35-23-3-1-2-22(23)33)32(25(20)34)14-19-9-4-15(12-30)13-31-19/h4-11,13,22-23,33H,1-3,14H2. The van der Waals surface area contributed by atoms with Crippen molar-refractivity contribution in [2.45, 2.75) is 43.7 Å². The van der Waals surface area contributed by atoms with E-state index in [0.29, 0.717) is 39.2 Å². The summed E-state index contributed by atoms with van der Waals surface area (Å²) in [7, 11) is 0. The quantitative estimate of drug-likeness (QED) is 0.461. The molecule has 0 saturated heterocycles. The van der Waals surface area contributed by atoms with E-state index in [0.717, 1.165) is 6.42 Å². The fraction of sp³-hybridized carbons (Fsp3) is 0.269. The average molecular weight is 557 g/mol. The Balaban J connectivity index is 1.73. The first kappa shape index (κ1) is 23.9. The minimum atomic E-state index is -1.66. The van der Waals surface area contributed by atoms with Gasteiger partial charge in [0, 0.05) is 21.3 Å². The SMILES string of the molecule is N#Cc1ccc(CN2C(=O)c3cc(Br)cc(F)c3C2(OC2CCCC2O)c2ccc(Cl)cc2)nc1. The maximum absolute atomic E-state index is 15.7. The van der Waals surface area contributed by atoms with E-state index >= 15 is 4.39 Å². The second-order valence-electron chi connectivity index (χ2n) is 8.66. The minimum Gasteiger partial charge on any atom is -0.390 e. The number of fused-ring (bicyclic) bond motifs is 1. The molecule has 35 heavy (non-hydrogen) atoms. The molecule has 0 radical (unpaired) electrons. The number of nitrogens with zero attached hydrogens (tertiary/aromatic N) is 3. The van der Waals surface area contributed by atoms with Crippen molar-refractivity contribution in [3.05, 3.63) is 98.0 Å². The van der Waals surface area contributed by atoms with Gasteiger partial charge in [-0.15, -0.1) is 0 Å². The van der Waals surface area contributed by atoms with Crippen LogP contribution >= 0.6 is 27.5 Å². The van der Waals surface area contributed by atoms with Crippen LogP contribution in [-0.4, -0.2) is 33.1 Å². The third-order valence-corrected chi connectivity index (χ3v) is 7.21. The molecule has 9 heteroatoms. The Morgan fingerprint density at radius 2 is 2.03 bits per heavy atom. The summed E-state index contributed by atoms with van der Waals surface area (Å²) in [6.45, 7) is -0.0122. The molecule has 0 spiro atoms. The number of aliphatic hydroxyl groups is 1. The summed E-state index contributed by atoms with van der Waals surface area (Å²) in [6.07, 6.45) is 1.95. The van der Waals surface area contributed by atoms with Gasteiger partial charge in [0.15, 0.2) is 0 Å². The van der Waals surface area contributed by atoms with Crippen molar-refractivity contribution in [1.29, 1.82) is 5.26 Å². The van der Waals surface area contributed by atoms with Gasteiger partial charge in [-0.25, -0.2) is 4.39 Å². The molecule has 1 aromatic heterocycles. The number of amides is 1. The van der Waals surface area contributed by atoms with Crippen LogP contribution in [0.4, 0.5) is 4.39 Å². The minimum absolute atomic E-state index is 0.0122. The normalized spacial score (nSPS) is 23.4. The lowest BCUT2D eigenvalue weighted by Gasteiger charge is -2.41. The lowest BCUT2D eigenvalue weighted by atomic mass is 9.92. The van der Waals surface area contributed by atoms with Crippen LogP contribution in [0.1, 0.15) is 52.0 Å². The zero-order valence-corrected chi connectivity index (χ0v) is 20.8. The van der Waals surface area contributed by atoms with E-state index < -0.39 is 29.7 Å². The second-order valence-corrected chi connectivity index (χ2v) is 10.0. The Labute approximate surface area is 215 Å². The van der Waals surface area contributed by atoms with Crippen molar-refractivity contribution in [2.75, 3.05) is 0 Å². The zero-order valence-electron chi connectivity index (χ0n) is 18.4. The number of rotatable bonds is 5. The lowest BCUT2D eigenvalue weighted by Crippen LogP contribution is -2.50. The van der Waals surface area contributed by atoms with Crippen molar-refractivity contribution >= 4 is 33.4 Å². The summed E-state index contributed by atoms with van der Waals surface area (Å²) < 4.78 is 22.8. The van der Waals surface area contributed by atoms with Crippen LogP contribution in [-0.2, 0) is 17.0 Å². The number of aliphatic hydroxyl groups excluding tert-OH is 1. The first-order valence-corrected chi connectivity index (χ1v) is 12.3. The molecule has 178 valence electrons. The Hall–Kier alpha value is -2.83. The fourth-order valence-corrected chi connectivity index (χ4v) is 5.42. The number of halogens is 3. The van der Waals surface area contributed by atoms with Crippen LogP contribution in [0.2, 0.25) is 5.02 Å². The van der Waals surface area contributed by atoms with Crippen molar-refractivity contribution in [3.8, 4) is 6.07 Å². The third kappa shape index (κ3) is 4.13. The smallest absolute Gasteiger partial charge is 0.257 e. The number of carbonyl (C=O) groups excluding carboxylic acids is 1. The predicted octanol–water partition coefficient (Wildman–Crippen LogP) is 5.30. The number of carbonyl (C=O) groups is 1. The maximum Gasteiger partial charge on any atom is 0.257 e. The largest absolute Gasteiger partial charge is 0.390 e. The van der Waals surface area contributed by atoms with Crippen molar-refractivity contribution < 1.29 is 19.0 Å². The topological polar surface area (TPSA) is 86.5 Å². The van der Waals surface area contributed by atoms with Crippen molar-refractivity contribution in [3.63, 3.8) is 0 Å². The predicted molar refractivity (Wildman–Crippen MR) is 130 cm³/mol. The van der Waals surface area contributed by atoms with Gasteiger partial charge in [0.25, 0.3) is 5.91 Å². The van der Waals surface area contributed by atoms with E-state index in [1.807, 2.05) is 6.07 Å². The van der Waals surface area contributed by atoms with E-state index in [1.54, 1.807) is 42.5 Å². The van der Waals surface area contributed by atoms with Gasteiger partial charge in [0.1, 0.15) is 11.9 Å². The van der Waals surface area contributed by atoms with Crippen molar-refractivity contribution in [2.24, 2.45) is 0 Å². The highest BCUT2D eigenvalue weighted by atomic mass is 79.9. The molecular weight excluding hydrogens is 537 g/mol. The summed E-state index contributed by atoms with van der Waals surface area (Å²) >= 11 is 9.45. The molecule has 5 rings (SSSR count). The molecule has 1 aliphatic carbocycles. The van der Waals surface area contributed by atoms with Gasteiger partial charge in [0.2, 0.25) is 5.72 Å². The number of benzene rings is 2. The number of hydrogen-bond donors (Lipinski definition) is 1. The van der Waals surface area contributed by atoms with Crippen LogP contribution in [0.15, 0.2) is 59.2 Å². The first-order valence-electron chi connectivity index (χ1n) is 11.1. The number of aromatic nitrogens is 1. The van der Waals surface area contributed by atoms with Gasteiger partial charge in [-0.05, 0) is 55.7 Å². The number of pyridine rings is 1. The number of ether oxygens (including phenoxy) is 1. The highest BCUT2D eigenvalue weighted by molar-refractivity contribution is 9.10. The van der Waals surface area contributed by atoms with Gasteiger partial charge < -0.3 is 9.84 Å². The Bertz CT molecular complexity index is 1330. The molecule has 1 aliphatic heterocycles. The van der Waals surface area contributed by atoms with E-state index in [9.17, 15) is 9.90 Å². The Kier molecular flexibility index (Phi) is 6.36. The van der Waals surface area contributed by atoms with Crippen LogP contribution in [0.3, 0.4) is 0 Å². The fourth-order valence-electron chi connectivity index (χ4n) is 4.87. The highest BCUT2D eigenvalue weighted by Crippen LogP contribution is 2.50. The summed E-state index contributed by atoms with van der Waals surface area (Å²) in [5.41, 5.74) is -0.0304. The molecule has 1 saturated carbocycles. The third-order valence-electron chi connectivity index (χ3n) is 6.50. The zero-order chi connectivity index (χ0) is 24.7. The Morgan fingerprint density at radius 1 is 1.26 bits per heavy atom. The molecule has 6 nitrogen and oxygen atoms in total. The van der Waals surface area contributed by atoms with Crippen LogP contribution in [0, 0.1) is 17.1 Å². The molecule has 3 unspecified atom stereocenters. The van der Waals surface area contributed by atoms with Crippen molar-refractivity contribution in [1.82, 2.24) is 9.88 Å². The maximum atomic E-state index is 15.7. The molecule has 1 N–H and O–H groups in total. The van der Waals surface area contributed by atoms with Crippen LogP contribution in [0.5, 0.6) is 0 Å². The van der Waals surface area contributed by atoms with Gasteiger partial charge in [-0.2, -0.15) is 5.26 Å². The summed E-state index contributed by atoms with van der Waals surface area (Å²) in [6, 6.07) is 14.9. The highest BCUT2D eigenvalue weighted by Gasteiger charge is 2.56. The lowest BCUT2D eigenvalue weighted by molar-refractivity contribution is -0.169. The van der Waals surface area contributed by atoms with Crippen LogP contribution in [0.25, 0.3) is 0 Å². The molecular formula is C26H20BrClFN3O3. The molecule has 2 heterocycles. The molecule has 1 fully saturated rings. The van der Waals surface area contributed by atoms with E-state index in [-0.39, 0.29) is 17.7 Å². The van der Waals surface area contributed by atoms with E-state index in [4.69, 9.17) is 21.6 Å². The molecule has 2 aromatic carbocycles. The van der Waals surface area contributed by atoms with Gasteiger partial charge in [-0.3, -0.25) is 14.7 Å². The van der Waals surface area contributed by atoms with Gasteiger partial charge in [0.05, 0.1) is 41.1 Å². The molecule has 0 bridgehead atoms. The molecule has 1 amide bonds. The van der Waals surface area contributed by atoms with Gasteiger partial charge >= 0.3 is 0 Å². The summed E-state index contributed by atoms with van der Waals surface area (Å²) in [5.74, 6) is -1.05. The summed E-state index contributed by atoms with van der Waals surface area (Å²) in [4.78, 5) is 19.6. The number of nitriles is 1. The summed E-state index contributed by atoms with van der Waals surface area (Å²) in [5, 5.41) is 20.2.